The summed E-state index contributed by atoms with van der Waals surface area (Å²) in [6.07, 6.45) is 1.91. The van der Waals surface area contributed by atoms with E-state index in [0.29, 0.717) is 0 Å². The Kier molecular flexibility index (Phi) is 1.58. The van der Waals surface area contributed by atoms with E-state index in [1.54, 1.807) is 0 Å². The molecule has 0 bridgehead atoms. The van der Waals surface area contributed by atoms with Crippen molar-refractivity contribution in [1.29, 1.82) is 0 Å². The van der Waals surface area contributed by atoms with Crippen molar-refractivity contribution in [3.8, 4) is 0 Å². The summed E-state index contributed by atoms with van der Waals surface area (Å²) in [6.45, 7) is 0.967. The Morgan fingerprint density at radius 1 is 1.64 bits per heavy atom. The Balaban J connectivity index is 1.73. The molecule has 1 amide bonds. The molecule has 3 atom stereocenters. The monoisotopic (exact) mass is 155 g/mol. The molecule has 1 aliphatic heterocycles. The quantitative estimate of drug-likeness (QED) is 0.457. The van der Waals surface area contributed by atoms with Crippen LogP contribution >= 0.6 is 0 Å². The van der Waals surface area contributed by atoms with Gasteiger partial charge in [-0.05, 0) is 19.4 Å². The zero-order valence-electron chi connectivity index (χ0n) is 6.34. The van der Waals surface area contributed by atoms with Gasteiger partial charge >= 0.3 is 0 Å². The van der Waals surface area contributed by atoms with Gasteiger partial charge in [-0.3, -0.25) is 4.79 Å². The number of carbonyl (C=O) groups excluding carboxylic acids is 1. The topological polar surface area (TPSA) is 67.1 Å². The molecule has 2 rings (SSSR count). The summed E-state index contributed by atoms with van der Waals surface area (Å²) in [5.41, 5.74) is 5.54. The van der Waals surface area contributed by atoms with Crippen LogP contribution in [0.1, 0.15) is 12.8 Å². The van der Waals surface area contributed by atoms with Crippen molar-refractivity contribution < 1.29 is 4.79 Å². The predicted octanol–water partition coefficient (Wildman–Crippen LogP) is -1.44. The lowest BCUT2D eigenvalue weighted by molar-refractivity contribution is -0.124. The molecule has 0 aromatic carbocycles. The minimum absolute atomic E-state index is 0.0581. The van der Waals surface area contributed by atoms with Crippen molar-refractivity contribution in [1.82, 2.24) is 10.6 Å². The van der Waals surface area contributed by atoms with Crippen LogP contribution < -0.4 is 16.4 Å². The van der Waals surface area contributed by atoms with Crippen LogP contribution in [0.4, 0.5) is 0 Å². The van der Waals surface area contributed by atoms with Crippen LogP contribution in [0.25, 0.3) is 0 Å². The van der Waals surface area contributed by atoms with Crippen molar-refractivity contribution in [2.45, 2.75) is 31.0 Å². The van der Waals surface area contributed by atoms with E-state index >= 15 is 0 Å². The molecular weight excluding hydrogens is 142 g/mol. The molecule has 2 fully saturated rings. The maximum Gasteiger partial charge on any atom is 0.237 e. The lowest BCUT2D eigenvalue weighted by atomic mass is 10.1. The van der Waals surface area contributed by atoms with E-state index in [9.17, 15) is 4.79 Å². The molecule has 1 heterocycles. The van der Waals surface area contributed by atoms with Gasteiger partial charge in [0.25, 0.3) is 0 Å². The second kappa shape index (κ2) is 2.46. The van der Waals surface area contributed by atoms with Crippen molar-refractivity contribution in [3.63, 3.8) is 0 Å². The molecule has 0 aromatic heterocycles. The van der Waals surface area contributed by atoms with Gasteiger partial charge in [0.15, 0.2) is 0 Å². The fourth-order valence-electron chi connectivity index (χ4n) is 1.18. The van der Waals surface area contributed by atoms with E-state index in [2.05, 4.69) is 10.6 Å². The second-order valence-corrected chi connectivity index (χ2v) is 3.31. The number of hydrogen-bond donors (Lipinski definition) is 3. The highest BCUT2D eigenvalue weighted by atomic mass is 16.2. The molecular formula is C7H13N3O. The molecule has 4 nitrogen and oxygen atoms in total. The SMILES string of the molecule is NC1CC1NC(=O)[C@H]1CCN1. The summed E-state index contributed by atoms with van der Waals surface area (Å²) in [5, 5.41) is 5.92. The standard InChI is InChI=1S/C7H13N3O/c8-4-3-6(4)10-7(11)5-1-2-9-5/h4-6,9H,1-3,8H2,(H,10,11)/t4?,5-,6?/m1/s1. The smallest absolute Gasteiger partial charge is 0.237 e. The van der Waals surface area contributed by atoms with E-state index in [1.807, 2.05) is 0 Å². The predicted molar refractivity (Wildman–Crippen MR) is 40.9 cm³/mol. The molecule has 2 unspecified atom stereocenters. The van der Waals surface area contributed by atoms with E-state index in [4.69, 9.17) is 5.73 Å². The van der Waals surface area contributed by atoms with Crippen LogP contribution in [-0.2, 0) is 4.79 Å². The molecule has 0 aromatic rings. The average molecular weight is 155 g/mol. The molecule has 11 heavy (non-hydrogen) atoms. The van der Waals surface area contributed by atoms with Crippen LogP contribution in [0.5, 0.6) is 0 Å². The van der Waals surface area contributed by atoms with Gasteiger partial charge in [0, 0.05) is 12.1 Å². The van der Waals surface area contributed by atoms with Gasteiger partial charge in [0.2, 0.25) is 5.91 Å². The normalized spacial score (nSPS) is 41.0. The Bertz CT molecular complexity index is 179. The number of hydrogen-bond acceptors (Lipinski definition) is 3. The molecule has 1 saturated carbocycles. The van der Waals surface area contributed by atoms with Crippen LogP contribution in [0, 0.1) is 0 Å². The highest BCUT2D eigenvalue weighted by Crippen LogP contribution is 2.18. The third-order valence-corrected chi connectivity index (χ3v) is 2.31. The largest absolute Gasteiger partial charge is 0.350 e. The van der Waals surface area contributed by atoms with Crippen molar-refractivity contribution in [2.24, 2.45) is 5.73 Å². The Morgan fingerprint density at radius 2 is 2.27 bits per heavy atom. The Hall–Kier alpha value is -0.610. The van der Waals surface area contributed by atoms with Gasteiger partial charge in [-0.1, -0.05) is 0 Å². The first-order valence-corrected chi connectivity index (χ1v) is 4.07. The zero-order chi connectivity index (χ0) is 7.84. The van der Waals surface area contributed by atoms with E-state index in [-0.39, 0.29) is 24.0 Å². The van der Waals surface area contributed by atoms with Crippen LogP contribution in [0.15, 0.2) is 0 Å². The maximum atomic E-state index is 11.2. The van der Waals surface area contributed by atoms with E-state index < -0.39 is 0 Å². The highest BCUT2D eigenvalue weighted by molar-refractivity contribution is 5.83. The van der Waals surface area contributed by atoms with Crippen molar-refractivity contribution >= 4 is 5.91 Å². The molecule has 4 heteroatoms. The number of nitrogens with one attached hydrogen (secondary N) is 2. The van der Waals surface area contributed by atoms with Gasteiger partial charge in [-0.15, -0.1) is 0 Å². The van der Waals surface area contributed by atoms with Crippen LogP contribution in [-0.4, -0.2) is 30.6 Å². The van der Waals surface area contributed by atoms with Crippen LogP contribution in [0.2, 0.25) is 0 Å². The van der Waals surface area contributed by atoms with E-state index in [0.717, 1.165) is 19.4 Å². The molecule has 0 radical (unpaired) electrons. The van der Waals surface area contributed by atoms with Gasteiger partial charge in [0.1, 0.15) is 0 Å². The number of carbonyl (C=O) groups is 1. The fraction of sp³-hybridized carbons (Fsp3) is 0.857. The number of nitrogens with two attached hydrogens (primary N) is 1. The maximum absolute atomic E-state index is 11.2. The van der Waals surface area contributed by atoms with E-state index in [1.165, 1.54) is 0 Å². The highest BCUT2D eigenvalue weighted by Gasteiger charge is 2.37. The first-order chi connectivity index (χ1) is 5.27. The molecule has 2 aliphatic rings. The number of rotatable bonds is 2. The lowest BCUT2D eigenvalue weighted by Crippen LogP contribution is -2.54. The van der Waals surface area contributed by atoms with Gasteiger partial charge in [-0.25, -0.2) is 0 Å². The second-order valence-electron chi connectivity index (χ2n) is 3.31. The van der Waals surface area contributed by atoms with Gasteiger partial charge in [-0.2, -0.15) is 0 Å². The first kappa shape index (κ1) is 7.06. The zero-order valence-corrected chi connectivity index (χ0v) is 6.34. The minimum atomic E-state index is 0.0581. The molecule has 1 saturated heterocycles. The van der Waals surface area contributed by atoms with Crippen molar-refractivity contribution in [2.75, 3.05) is 6.54 Å². The Labute approximate surface area is 65.5 Å². The summed E-state index contributed by atoms with van der Waals surface area (Å²) in [5.74, 6) is 0.120. The van der Waals surface area contributed by atoms with Gasteiger partial charge in [0.05, 0.1) is 6.04 Å². The summed E-state index contributed by atoms with van der Waals surface area (Å²) in [7, 11) is 0. The lowest BCUT2D eigenvalue weighted by Gasteiger charge is -2.26. The molecule has 0 spiro atoms. The Morgan fingerprint density at radius 3 is 2.64 bits per heavy atom. The first-order valence-electron chi connectivity index (χ1n) is 4.07. The minimum Gasteiger partial charge on any atom is -0.350 e. The summed E-state index contributed by atoms with van der Waals surface area (Å²) >= 11 is 0. The summed E-state index contributed by atoms with van der Waals surface area (Å²) < 4.78 is 0. The average Bonchev–Trinajstić information content (AvgIpc) is 2.40. The van der Waals surface area contributed by atoms with Crippen molar-refractivity contribution in [3.05, 3.63) is 0 Å². The molecule has 1 aliphatic carbocycles. The fourth-order valence-corrected chi connectivity index (χ4v) is 1.18. The third kappa shape index (κ3) is 1.36. The summed E-state index contributed by atoms with van der Waals surface area (Å²) in [4.78, 5) is 11.2. The summed E-state index contributed by atoms with van der Waals surface area (Å²) in [6, 6.07) is 0.520. The molecule has 4 N–H and O–H groups in total. The molecule has 62 valence electrons. The third-order valence-electron chi connectivity index (χ3n) is 2.31. The number of amides is 1. The van der Waals surface area contributed by atoms with Gasteiger partial charge < -0.3 is 16.4 Å². The van der Waals surface area contributed by atoms with Crippen LogP contribution in [0.3, 0.4) is 0 Å².